The number of imide groups is 1. The molecule has 7 nitrogen and oxygen atoms in total. The molecule has 0 aliphatic carbocycles. The molecule has 0 radical (unpaired) electrons. The van der Waals surface area contributed by atoms with E-state index in [4.69, 9.17) is 9.47 Å². The Balaban J connectivity index is 1.95. The van der Waals surface area contributed by atoms with Crippen LogP contribution in [0.5, 0.6) is 0 Å². The highest BCUT2D eigenvalue weighted by Gasteiger charge is 2.47. The van der Waals surface area contributed by atoms with Gasteiger partial charge in [0.15, 0.2) is 5.41 Å². The Morgan fingerprint density at radius 1 is 0.833 bits per heavy atom. The Kier molecular flexibility index (Phi) is 8.57. The highest BCUT2D eigenvalue weighted by Crippen LogP contribution is 2.34. The Bertz CT molecular complexity index is 735. The molecule has 1 aliphatic rings. The predicted molar refractivity (Wildman–Crippen MR) is 111 cm³/mol. The molecule has 2 rings (SSSR count). The molecule has 0 spiro atoms. The van der Waals surface area contributed by atoms with Crippen LogP contribution in [-0.2, 0) is 19.1 Å². The molecule has 2 amide bonds. The van der Waals surface area contributed by atoms with Crippen molar-refractivity contribution in [2.24, 2.45) is 5.41 Å². The monoisotopic (exact) mass is 417 g/mol. The Labute approximate surface area is 177 Å². The van der Waals surface area contributed by atoms with Crippen LogP contribution in [0.2, 0.25) is 0 Å². The van der Waals surface area contributed by atoms with Crippen LogP contribution in [0.15, 0.2) is 24.3 Å². The van der Waals surface area contributed by atoms with Gasteiger partial charge in [-0.1, -0.05) is 38.3 Å². The maximum Gasteiger partial charge on any atom is 0.323 e. The third-order valence-electron chi connectivity index (χ3n) is 5.37. The van der Waals surface area contributed by atoms with E-state index in [0.29, 0.717) is 56.2 Å². The average Bonchev–Trinajstić information content (AvgIpc) is 2.98. The molecular weight excluding hydrogens is 386 g/mol. The second-order valence-corrected chi connectivity index (χ2v) is 7.39. The molecule has 164 valence electrons. The van der Waals surface area contributed by atoms with Crippen LogP contribution in [0.4, 0.5) is 0 Å². The topological polar surface area (TPSA) is 90.0 Å². The number of amides is 2. The van der Waals surface area contributed by atoms with Crippen molar-refractivity contribution in [3.63, 3.8) is 0 Å². The number of esters is 2. The van der Waals surface area contributed by atoms with Gasteiger partial charge in [-0.25, -0.2) is 0 Å². The van der Waals surface area contributed by atoms with E-state index in [1.54, 1.807) is 38.1 Å². The van der Waals surface area contributed by atoms with Crippen LogP contribution >= 0.6 is 0 Å². The summed E-state index contributed by atoms with van der Waals surface area (Å²) in [6.07, 6.45) is 3.17. The zero-order valence-electron chi connectivity index (χ0n) is 18.1. The lowest BCUT2D eigenvalue weighted by Crippen LogP contribution is -2.42. The van der Waals surface area contributed by atoms with E-state index in [-0.39, 0.29) is 25.0 Å². The lowest BCUT2D eigenvalue weighted by atomic mass is 9.78. The van der Waals surface area contributed by atoms with Gasteiger partial charge in [0, 0.05) is 6.54 Å². The van der Waals surface area contributed by atoms with Gasteiger partial charge < -0.3 is 9.47 Å². The summed E-state index contributed by atoms with van der Waals surface area (Å²) in [5, 5.41) is 0. The first-order valence-electron chi connectivity index (χ1n) is 10.7. The second kappa shape index (κ2) is 10.9. The first-order valence-corrected chi connectivity index (χ1v) is 10.7. The number of carbonyl (C=O) groups excluding carboxylic acids is 4. The van der Waals surface area contributed by atoms with Gasteiger partial charge in [0.25, 0.3) is 11.8 Å². The van der Waals surface area contributed by atoms with Crippen LogP contribution in [0, 0.1) is 5.41 Å². The zero-order chi connectivity index (χ0) is 22.1. The number of benzene rings is 1. The van der Waals surface area contributed by atoms with E-state index in [1.807, 2.05) is 6.92 Å². The number of hydrogen-bond donors (Lipinski definition) is 0. The molecule has 1 aromatic carbocycles. The summed E-state index contributed by atoms with van der Waals surface area (Å²) in [7, 11) is 0. The van der Waals surface area contributed by atoms with Crippen LogP contribution in [0.1, 0.15) is 80.0 Å². The van der Waals surface area contributed by atoms with Crippen LogP contribution in [-0.4, -0.2) is 48.4 Å². The van der Waals surface area contributed by atoms with Crippen LogP contribution in [0.25, 0.3) is 0 Å². The summed E-state index contributed by atoms with van der Waals surface area (Å²) >= 11 is 0. The summed E-state index contributed by atoms with van der Waals surface area (Å²) in [5.74, 6) is -1.61. The second-order valence-electron chi connectivity index (χ2n) is 7.39. The van der Waals surface area contributed by atoms with Crippen molar-refractivity contribution in [1.29, 1.82) is 0 Å². The summed E-state index contributed by atoms with van der Waals surface area (Å²) in [6, 6.07) is 6.80. The molecule has 1 aromatic rings. The minimum absolute atomic E-state index is 0.198. The molecule has 1 heterocycles. The number of nitrogens with zero attached hydrogens (tertiary/aromatic N) is 1. The zero-order valence-corrected chi connectivity index (χ0v) is 18.1. The van der Waals surface area contributed by atoms with Gasteiger partial charge in [0.1, 0.15) is 0 Å². The lowest BCUT2D eigenvalue weighted by Gasteiger charge is -2.29. The van der Waals surface area contributed by atoms with Crippen LogP contribution in [0.3, 0.4) is 0 Å². The van der Waals surface area contributed by atoms with E-state index in [2.05, 4.69) is 0 Å². The fourth-order valence-corrected chi connectivity index (χ4v) is 3.90. The molecular formula is C23H31NO6. The number of carbonyl (C=O) groups is 4. The van der Waals surface area contributed by atoms with Gasteiger partial charge in [-0.15, -0.1) is 0 Å². The molecule has 0 N–H and O–H groups in total. The van der Waals surface area contributed by atoms with E-state index in [0.717, 1.165) is 0 Å². The molecule has 0 fully saturated rings. The van der Waals surface area contributed by atoms with Gasteiger partial charge in [0.2, 0.25) is 0 Å². The molecule has 1 aliphatic heterocycles. The first-order chi connectivity index (χ1) is 14.4. The van der Waals surface area contributed by atoms with Crippen molar-refractivity contribution < 1.29 is 28.7 Å². The Hall–Kier alpha value is -2.70. The van der Waals surface area contributed by atoms with Crippen LogP contribution < -0.4 is 0 Å². The molecule has 0 saturated carbocycles. The molecule has 0 aromatic heterocycles. The standard InChI is InChI=1S/C23H31NO6/c1-4-14-23(21(27)29-5-2,22(28)30-6-3)15-10-7-11-16-24-19(25)17-12-8-9-13-18(17)20(24)26/h8-9,12-13H,4-7,10-11,14-16H2,1-3H3. The number of hydrogen-bond acceptors (Lipinski definition) is 6. The first kappa shape index (κ1) is 23.6. The molecule has 0 bridgehead atoms. The Morgan fingerprint density at radius 2 is 1.37 bits per heavy atom. The quantitative estimate of drug-likeness (QED) is 0.223. The SMILES string of the molecule is CCCC(CCCCCN1C(=O)c2ccccc2C1=O)(C(=O)OCC)C(=O)OCC. The van der Waals surface area contributed by atoms with E-state index < -0.39 is 17.4 Å². The molecule has 7 heteroatoms. The average molecular weight is 418 g/mol. The third-order valence-corrected chi connectivity index (χ3v) is 5.37. The number of ether oxygens (including phenoxy) is 2. The predicted octanol–water partition coefficient (Wildman–Crippen LogP) is 3.76. The van der Waals surface area contributed by atoms with Gasteiger partial charge in [-0.05, 0) is 45.2 Å². The van der Waals surface area contributed by atoms with Gasteiger partial charge in [-0.2, -0.15) is 0 Å². The maximum atomic E-state index is 12.6. The smallest absolute Gasteiger partial charge is 0.323 e. The summed E-state index contributed by atoms with van der Waals surface area (Å²) < 4.78 is 10.4. The highest BCUT2D eigenvalue weighted by molar-refractivity contribution is 6.21. The normalized spacial score (nSPS) is 13.4. The fourth-order valence-electron chi connectivity index (χ4n) is 3.90. The van der Waals surface area contributed by atoms with Gasteiger partial charge in [0.05, 0.1) is 24.3 Å². The minimum atomic E-state index is -1.30. The summed E-state index contributed by atoms with van der Waals surface area (Å²) in [5.41, 5.74) is -0.417. The van der Waals surface area contributed by atoms with Crippen molar-refractivity contribution in [2.45, 2.75) is 59.3 Å². The van der Waals surface area contributed by atoms with Crippen molar-refractivity contribution in [1.82, 2.24) is 4.90 Å². The minimum Gasteiger partial charge on any atom is -0.465 e. The highest BCUT2D eigenvalue weighted by atomic mass is 16.6. The molecule has 30 heavy (non-hydrogen) atoms. The number of unbranched alkanes of at least 4 members (excludes halogenated alkanes) is 2. The molecule has 0 atom stereocenters. The Morgan fingerprint density at radius 3 is 1.83 bits per heavy atom. The van der Waals surface area contributed by atoms with Crippen molar-refractivity contribution in [3.05, 3.63) is 35.4 Å². The van der Waals surface area contributed by atoms with E-state index >= 15 is 0 Å². The molecule has 0 unspecified atom stereocenters. The van der Waals surface area contributed by atoms with Gasteiger partial charge in [-0.3, -0.25) is 24.1 Å². The molecule has 0 saturated heterocycles. The van der Waals surface area contributed by atoms with E-state index in [1.165, 1.54) is 4.90 Å². The lowest BCUT2D eigenvalue weighted by molar-refractivity contribution is -0.173. The summed E-state index contributed by atoms with van der Waals surface area (Å²) in [4.78, 5) is 51.4. The van der Waals surface area contributed by atoms with Gasteiger partial charge >= 0.3 is 11.9 Å². The van der Waals surface area contributed by atoms with Crippen molar-refractivity contribution >= 4 is 23.8 Å². The number of fused-ring (bicyclic) bond motifs is 1. The largest absolute Gasteiger partial charge is 0.465 e. The summed E-state index contributed by atoms with van der Waals surface area (Å²) in [6.45, 7) is 6.04. The number of rotatable bonds is 12. The maximum absolute atomic E-state index is 12.6. The van der Waals surface area contributed by atoms with Crippen molar-refractivity contribution in [2.75, 3.05) is 19.8 Å². The van der Waals surface area contributed by atoms with Crippen molar-refractivity contribution in [3.8, 4) is 0 Å². The van der Waals surface area contributed by atoms with E-state index in [9.17, 15) is 19.2 Å². The third kappa shape index (κ3) is 4.89. The fraction of sp³-hybridized carbons (Fsp3) is 0.565.